The summed E-state index contributed by atoms with van der Waals surface area (Å²) in [5.41, 5.74) is 6.90. The first kappa shape index (κ1) is 14.2. The third-order valence-corrected chi connectivity index (χ3v) is 3.04. The average molecular weight is 273 g/mol. The van der Waals surface area contributed by atoms with Crippen LogP contribution in [0.3, 0.4) is 0 Å². The molecule has 94 valence electrons. The van der Waals surface area contributed by atoms with E-state index in [2.05, 4.69) is 5.32 Å². The number of methoxy groups -OCH3 is 1. The number of benzene rings is 1. The van der Waals surface area contributed by atoms with Gasteiger partial charge in [0.1, 0.15) is 4.99 Å². The van der Waals surface area contributed by atoms with Crippen molar-refractivity contribution in [3.63, 3.8) is 0 Å². The van der Waals surface area contributed by atoms with Gasteiger partial charge in [0.05, 0.1) is 16.2 Å². The van der Waals surface area contributed by atoms with E-state index in [4.69, 9.17) is 34.3 Å². The molecule has 1 rings (SSSR count). The quantitative estimate of drug-likeness (QED) is 0.810. The van der Waals surface area contributed by atoms with E-state index >= 15 is 0 Å². The van der Waals surface area contributed by atoms with Crippen molar-refractivity contribution in [1.29, 1.82) is 0 Å². The molecule has 0 fully saturated rings. The molecular weight excluding hydrogens is 256 g/mol. The van der Waals surface area contributed by atoms with Crippen LogP contribution in [0.2, 0.25) is 5.02 Å². The molecule has 0 aliphatic heterocycles. The molecule has 0 bridgehead atoms. The number of ether oxygens (including phenoxy) is 1. The first-order valence-electron chi connectivity index (χ1n) is 5.25. The van der Waals surface area contributed by atoms with Crippen LogP contribution in [0.1, 0.15) is 19.4 Å². The van der Waals surface area contributed by atoms with Crippen molar-refractivity contribution >= 4 is 34.5 Å². The second-order valence-corrected chi connectivity index (χ2v) is 5.19. The Hall–Kier alpha value is -0.840. The van der Waals surface area contributed by atoms with E-state index in [0.717, 1.165) is 5.69 Å². The minimum atomic E-state index is -0.268. The fourth-order valence-electron chi connectivity index (χ4n) is 1.30. The van der Waals surface area contributed by atoms with Gasteiger partial charge in [-0.3, -0.25) is 0 Å². The molecule has 17 heavy (non-hydrogen) atoms. The molecule has 0 atom stereocenters. The number of nitrogens with one attached hydrogen (secondary N) is 1. The summed E-state index contributed by atoms with van der Waals surface area (Å²) in [4.78, 5) is 0.285. The van der Waals surface area contributed by atoms with Gasteiger partial charge >= 0.3 is 0 Å². The fraction of sp³-hybridized carbons (Fsp3) is 0.417. The second kappa shape index (κ2) is 5.67. The Morgan fingerprint density at radius 1 is 1.53 bits per heavy atom. The molecule has 5 heteroatoms. The van der Waals surface area contributed by atoms with Crippen LogP contribution in [0, 0.1) is 0 Å². The zero-order valence-corrected chi connectivity index (χ0v) is 11.8. The molecule has 0 saturated heterocycles. The maximum absolute atomic E-state index is 6.07. The molecule has 1 aromatic rings. The average Bonchev–Trinajstić information content (AvgIpc) is 2.26. The van der Waals surface area contributed by atoms with Crippen LogP contribution in [0.4, 0.5) is 5.69 Å². The molecule has 0 aliphatic carbocycles. The lowest BCUT2D eigenvalue weighted by atomic mass is 10.1. The molecule has 0 saturated carbocycles. The van der Waals surface area contributed by atoms with Crippen molar-refractivity contribution in [2.75, 3.05) is 19.0 Å². The van der Waals surface area contributed by atoms with Crippen molar-refractivity contribution in [1.82, 2.24) is 0 Å². The van der Waals surface area contributed by atoms with Crippen LogP contribution in [-0.4, -0.2) is 24.2 Å². The van der Waals surface area contributed by atoms with Crippen LogP contribution in [-0.2, 0) is 4.74 Å². The van der Waals surface area contributed by atoms with Gasteiger partial charge in [-0.2, -0.15) is 0 Å². The van der Waals surface area contributed by atoms with Gasteiger partial charge in [-0.25, -0.2) is 0 Å². The first-order valence-corrected chi connectivity index (χ1v) is 6.03. The SMILES string of the molecule is COC(C)(C)CNc1cccc(Cl)c1C(N)=S. The minimum Gasteiger partial charge on any atom is -0.389 e. The normalized spacial score (nSPS) is 11.3. The predicted octanol–water partition coefficient (Wildman–Crippen LogP) is 2.81. The smallest absolute Gasteiger partial charge is 0.107 e. The number of rotatable bonds is 5. The zero-order chi connectivity index (χ0) is 13.1. The van der Waals surface area contributed by atoms with Gasteiger partial charge in [0, 0.05) is 19.3 Å². The Balaban J connectivity index is 2.92. The van der Waals surface area contributed by atoms with Gasteiger partial charge in [-0.15, -0.1) is 0 Å². The third kappa shape index (κ3) is 3.84. The van der Waals surface area contributed by atoms with Crippen molar-refractivity contribution in [2.45, 2.75) is 19.4 Å². The lowest BCUT2D eigenvalue weighted by Crippen LogP contribution is -2.32. The summed E-state index contributed by atoms with van der Waals surface area (Å²) in [6.45, 7) is 4.62. The number of thiocarbonyl (C=S) groups is 1. The van der Waals surface area contributed by atoms with Crippen LogP contribution in [0.15, 0.2) is 18.2 Å². The van der Waals surface area contributed by atoms with Crippen molar-refractivity contribution in [2.24, 2.45) is 5.73 Å². The number of hydrogen-bond acceptors (Lipinski definition) is 3. The van der Waals surface area contributed by atoms with Crippen LogP contribution in [0.5, 0.6) is 0 Å². The highest BCUT2D eigenvalue weighted by Gasteiger charge is 2.17. The molecule has 0 amide bonds. The second-order valence-electron chi connectivity index (χ2n) is 4.34. The van der Waals surface area contributed by atoms with Gasteiger partial charge in [0.15, 0.2) is 0 Å². The van der Waals surface area contributed by atoms with Crippen LogP contribution in [0.25, 0.3) is 0 Å². The minimum absolute atomic E-state index is 0.268. The van der Waals surface area contributed by atoms with Gasteiger partial charge < -0.3 is 15.8 Å². The maximum Gasteiger partial charge on any atom is 0.107 e. The highest BCUT2D eigenvalue weighted by atomic mass is 35.5. The monoisotopic (exact) mass is 272 g/mol. The zero-order valence-electron chi connectivity index (χ0n) is 10.2. The molecule has 0 radical (unpaired) electrons. The summed E-state index contributed by atoms with van der Waals surface area (Å²) >= 11 is 11.1. The Labute approximate surface area is 112 Å². The summed E-state index contributed by atoms with van der Waals surface area (Å²) in [6.07, 6.45) is 0. The Morgan fingerprint density at radius 3 is 2.71 bits per heavy atom. The lowest BCUT2D eigenvalue weighted by Gasteiger charge is -2.24. The van der Waals surface area contributed by atoms with E-state index in [1.54, 1.807) is 13.2 Å². The number of halogens is 1. The predicted molar refractivity (Wildman–Crippen MR) is 76.9 cm³/mol. The Morgan fingerprint density at radius 2 is 2.18 bits per heavy atom. The summed E-state index contributed by atoms with van der Waals surface area (Å²) in [5, 5.41) is 3.80. The number of anilines is 1. The van der Waals surface area contributed by atoms with Gasteiger partial charge in [-0.05, 0) is 26.0 Å². The standard InChI is InChI=1S/C12H17ClN2OS/c1-12(2,16-3)7-15-9-6-4-5-8(13)10(9)11(14)17/h4-6,15H,7H2,1-3H3,(H2,14,17). The molecule has 0 aromatic heterocycles. The lowest BCUT2D eigenvalue weighted by molar-refractivity contribution is 0.0344. The summed E-state index contributed by atoms with van der Waals surface area (Å²) < 4.78 is 5.33. The molecule has 0 spiro atoms. The molecular formula is C12H17ClN2OS. The van der Waals surface area contributed by atoms with E-state index in [1.807, 2.05) is 26.0 Å². The fourth-order valence-corrected chi connectivity index (χ4v) is 1.85. The van der Waals surface area contributed by atoms with E-state index in [9.17, 15) is 0 Å². The van der Waals surface area contributed by atoms with E-state index in [1.165, 1.54) is 0 Å². The molecule has 3 nitrogen and oxygen atoms in total. The molecule has 1 aromatic carbocycles. The van der Waals surface area contributed by atoms with Gasteiger partial charge in [0.25, 0.3) is 0 Å². The largest absolute Gasteiger partial charge is 0.389 e. The molecule has 0 aliphatic rings. The van der Waals surface area contributed by atoms with Crippen molar-refractivity contribution < 1.29 is 4.74 Å². The van der Waals surface area contributed by atoms with E-state index in [-0.39, 0.29) is 10.6 Å². The van der Waals surface area contributed by atoms with Crippen molar-refractivity contribution in [3.05, 3.63) is 28.8 Å². The van der Waals surface area contributed by atoms with Crippen molar-refractivity contribution in [3.8, 4) is 0 Å². The highest BCUT2D eigenvalue weighted by molar-refractivity contribution is 7.80. The topological polar surface area (TPSA) is 47.3 Å². The van der Waals surface area contributed by atoms with Gasteiger partial charge in [-0.1, -0.05) is 29.9 Å². The molecule has 0 heterocycles. The van der Waals surface area contributed by atoms with Gasteiger partial charge in [0.2, 0.25) is 0 Å². The molecule has 3 N–H and O–H groups in total. The van der Waals surface area contributed by atoms with Crippen LogP contribution < -0.4 is 11.1 Å². The number of nitrogens with two attached hydrogens (primary N) is 1. The van der Waals surface area contributed by atoms with E-state index in [0.29, 0.717) is 17.1 Å². The number of hydrogen-bond donors (Lipinski definition) is 2. The van der Waals surface area contributed by atoms with Crippen LogP contribution >= 0.6 is 23.8 Å². The summed E-state index contributed by atoms with van der Waals surface area (Å²) in [5.74, 6) is 0. The molecule has 0 unspecified atom stereocenters. The summed E-state index contributed by atoms with van der Waals surface area (Å²) in [6, 6.07) is 5.51. The maximum atomic E-state index is 6.07. The van der Waals surface area contributed by atoms with E-state index < -0.39 is 0 Å². The Kier molecular flexibility index (Phi) is 4.74. The first-order chi connectivity index (χ1) is 7.87. The summed E-state index contributed by atoms with van der Waals surface area (Å²) in [7, 11) is 1.67. The third-order valence-electron chi connectivity index (χ3n) is 2.52. The highest BCUT2D eigenvalue weighted by Crippen LogP contribution is 2.24. The Bertz CT molecular complexity index is 421.